The smallest absolute Gasteiger partial charge is 0.259 e. The number of likely N-dealkylation sites (tertiary alicyclic amines) is 1. The van der Waals surface area contributed by atoms with Gasteiger partial charge < -0.3 is 9.42 Å². The van der Waals surface area contributed by atoms with Gasteiger partial charge in [0.15, 0.2) is 5.82 Å². The van der Waals surface area contributed by atoms with Gasteiger partial charge >= 0.3 is 0 Å². The van der Waals surface area contributed by atoms with E-state index in [0.717, 1.165) is 31.5 Å². The number of aromatic nitrogens is 5. The summed E-state index contributed by atoms with van der Waals surface area (Å²) in [6.07, 6.45) is 9.17. The van der Waals surface area contributed by atoms with Crippen molar-refractivity contribution in [1.29, 1.82) is 0 Å². The number of carbonyl (C=O) groups is 1. The first kappa shape index (κ1) is 16.4. The third-order valence-corrected chi connectivity index (χ3v) is 4.68. The Hall–Kier alpha value is -3.03. The highest BCUT2D eigenvalue weighted by molar-refractivity contribution is 5.76. The zero-order chi connectivity index (χ0) is 17.8. The van der Waals surface area contributed by atoms with E-state index in [1.54, 1.807) is 23.3 Å². The number of carbonyl (C=O) groups excluding carboxylic acids is 1. The van der Waals surface area contributed by atoms with Crippen molar-refractivity contribution in [2.45, 2.75) is 31.7 Å². The van der Waals surface area contributed by atoms with Gasteiger partial charge in [-0.2, -0.15) is 10.1 Å². The molecular formula is C18H20N6O2. The zero-order valence-electron chi connectivity index (χ0n) is 14.4. The van der Waals surface area contributed by atoms with Crippen LogP contribution in [0.2, 0.25) is 0 Å². The van der Waals surface area contributed by atoms with E-state index < -0.39 is 0 Å². The Bertz CT molecular complexity index is 838. The van der Waals surface area contributed by atoms with E-state index in [9.17, 15) is 4.79 Å². The van der Waals surface area contributed by atoms with E-state index in [1.165, 1.54) is 0 Å². The van der Waals surface area contributed by atoms with E-state index >= 15 is 0 Å². The summed E-state index contributed by atoms with van der Waals surface area (Å²) in [6.45, 7) is 2.06. The third-order valence-electron chi connectivity index (χ3n) is 4.68. The number of aryl methyl sites for hydroxylation is 1. The first-order valence-corrected chi connectivity index (χ1v) is 8.79. The van der Waals surface area contributed by atoms with Gasteiger partial charge in [-0.3, -0.25) is 14.5 Å². The normalized spacial score (nSPS) is 15.3. The molecule has 3 aromatic rings. The number of hydrogen-bond acceptors (Lipinski definition) is 6. The molecule has 0 unspecified atom stereocenters. The van der Waals surface area contributed by atoms with Crippen molar-refractivity contribution >= 4 is 5.91 Å². The molecule has 8 heteroatoms. The average Bonchev–Trinajstić information content (AvgIpc) is 3.39. The number of pyridine rings is 1. The second-order valence-corrected chi connectivity index (χ2v) is 6.37. The Morgan fingerprint density at radius 1 is 1.23 bits per heavy atom. The van der Waals surface area contributed by atoms with E-state index in [0.29, 0.717) is 24.7 Å². The van der Waals surface area contributed by atoms with E-state index in [2.05, 4.69) is 20.2 Å². The maximum atomic E-state index is 12.4. The van der Waals surface area contributed by atoms with Crippen LogP contribution in [0.3, 0.4) is 0 Å². The van der Waals surface area contributed by atoms with Crippen LogP contribution in [-0.4, -0.2) is 48.8 Å². The maximum absolute atomic E-state index is 12.4. The highest BCUT2D eigenvalue weighted by Gasteiger charge is 2.27. The third kappa shape index (κ3) is 3.63. The van der Waals surface area contributed by atoms with Crippen LogP contribution >= 0.6 is 0 Å². The lowest BCUT2D eigenvalue weighted by Gasteiger charge is -2.30. The predicted molar refractivity (Wildman–Crippen MR) is 92.9 cm³/mol. The fourth-order valence-corrected chi connectivity index (χ4v) is 3.20. The van der Waals surface area contributed by atoms with Crippen LogP contribution in [-0.2, 0) is 11.3 Å². The summed E-state index contributed by atoms with van der Waals surface area (Å²) in [5.74, 6) is 1.60. The van der Waals surface area contributed by atoms with Gasteiger partial charge in [-0.25, -0.2) is 0 Å². The molecule has 1 fully saturated rings. The van der Waals surface area contributed by atoms with E-state index in [1.807, 2.05) is 29.3 Å². The van der Waals surface area contributed by atoms with Gasteiger partial charge in [0.25, 0.3) is 5.89 Å². The molecule has 0 aromatic carbocycles. The van der Waals surface area contributed by atoms with Gasteiger partial charge in [0.2, 0.25) is 5.91 Å². The molecule has 1 saturated heterocycles. The van der Waals surface area contributed by atoms with Crippen LogP contribution in [0.1, 0.15) is 31.0 Å². The van der Waals surface area contributed by atoms with Crippen molar-refractivity contribution in [1.82, 2.24) is 29.8 Å². The van der Waals surface area contributed by atoms with Crippen LogP contribution in [0.5, 0.6) is 0 Å². The minimum atomic E-state index is 0.170. The molecule has 1 aliphatic heterocycles. The monoisotopic (exact) mass is 352 g/mol. The molecular weight excluding hydrogens is 332 g/mol. The Morgan fingerprint density at radius 2 is 2.12 bits per heavy atom. The summed E-state index contributed by atoms with van der Waals surface area (Å²) < 4.78 is 7.15. The average molecular weight is 352 g/mol. The highest BCUT2D eigenvalue weighted by atomic mass is 16.5. The lowest BCUT2D eigenvalue weighted by atomic mass is 9.96. The van der Waals surface area contributed by atoms with Gasteiger partial charge in [-0.05, 0) is 31.0 Å². The van der Waals surface area contributed by atoms with Crippen LogP contribution in [0.25, 0.3) is 11.5 Å². The lowest BCUT2D eigenvalue weighted by Crippen LogP contribution is -2.38. The number of piperidine rings is 1. The van der Waals surface area contributed by atoms with Crippen LogP contribution in [0.15, 0.2) is 47.5 Å². The molecule has 0 aliphatic carbocycles. The van der Waals surface area contributed by atoms with Crippen molar-refractivity contribution in [3.8, 4) is 11.5 Å². The zero-order valence-corrected chi connectivity index (χ0v) is 14.4. The molecule has 3 aromatic heterocycles. The van der Waals surface area contributed by atoms with Crippen LogP contribution in [0, 0.1) is 0 Å². The quantitative estimate of drug-likeness (QED) is 0.699. The molecule has 0 N–H and O–H groups in total. The largest absolute Gasteiger partial charge is 0.343 e. The summed E-state index contributed by atoms with van der Waals surface area (Å²) in [7, 11) is 0. The molecule has 0 spiro atoms. The second-order valence-electron chi connectivity index (χ2n) is 6.37. The summed E-state index contributed by atoms with van der Waals surface area (Å²) in [6, 6.07) is 5.60. The van der Waals surface area contributed by atoms with Crippen molar-refractivity contribution in [3.05, 3.63) is 48.8 Å². The summed E-state index contributed by atoms with van der Waals surface area (Å²) in [5.41, 5.74) is 0.817. The van der Waals surface area contributed by atoms with Crippen molar-refractivity contribution in [2.75, 3.05) is 13.1 Å². The topological polar surface area (TPSA) is 89.9 Å². The molecule has 4 heterocycles. The van der Waals surface area contributed by atoms with Gasteiger partial charge in [0, 0.05) is 56.8 Å². The van der Waals surface area contributed by atoms with Crippen LogP contribution < -0.4 is 0 Å². The Kier molecular flexibility index (Phi) is 4.72. The van der Waals surface area contributed by atoms with Gasteiger partial charge in [0.05, 0.1) is 5.56 Å². The van der Waals surface area contributed by atoms with Gasteiger partial charge in [-0.1, -0.05) is 5.16 Å². The Morgan fingerprint density at radius 3 is 2.85 bits per heavy atom. The molecule has 1 aliphatic rings. The summed E-state index contributed by atoms with van der Waals surface area (Å²) >= 11 is 0. The van der Waals surface area contributed by atoms with Gasteiger partial charge in [0.1, 0.15) is 0 Å². The van der Waals surface area contributed by atoms with Crippen molar-refractivity contribution in [2.24, 2.45) is 0 Å². The summed E-state index contributed by atoms with van der Waals surface area (Å²) in [4.78, 5) is 22.9. The molecule has 134 valence electrons. The predicted octanol–water partition coefficient (Wildman–Crippen LogP) is 2.12. The molecule has 1 amide bonds. The molecule has 0 atom stereocenters. The SMILES string of the molecule is O=C(CCn1cccn1)N1CCC(c2noc(-c3cccnc3)n2)CC1. The summed E-state index contributed by atoms with van der Waals surface area (Å²) in [5, 5.41) is 8.25. The van der Waals surface area contributed by atoms with E-state index in [4.69, 9.17) is 4.52 Å². The fourth-order valence-electron chi connectivity index (χ4n) is 3.20. The first-order chi connectivity index (χ1) is 12.8. The first-order valence-electron chi connectivity index (χ1n) is 8.79. The maximum Gasteiger partial charge on any atom is 0.259 e. The number of amides is 1. The molecule has 0 radical (unpaired) electrons. The second kappa shape index (κ2) is 7.47. The minimum Gasteiger partial charge on any atom is -0.343 e. The molecule has 0 saturated carbocycles. The molecule has 4 rings (SSSR count). The number of rotatable bonds is 5. The Labute approximate surface area is 150 Å². The number of hydrogen-bond donors (Lipinski definition) is 0. The van der Waals surface area contributed by atoms with E-state index in [-0.39, 0.29) is 11.8 Å². The van der Waals surface area contributed by atoms with Gasteiger partial charge in [-0.15, -0.1) is 0 Å². The Balaban J connectivity index is 1.31. The molecule has 0 bridgehead atoms. The number of nitrogens with zero attached hydrogens (tertiary/aromatic N) is 6. The minimum absolute atomic E-state index is 0.170. The van der Waals surface area contributed by atoms with Crippen molar-refractivity contribution < 1.29 is 9.32 Å². The highest BCUT2D eigenvalue weighted by Crippen LogP contribution is 2.28. The molecule has 8 nitrogen and oxygen atoms in total. The van der Waals surface area contributed by atoms with Crippen LogP contribution in [0.4, 0.5) is 0 Å². The van der Waals surface area contributed by atoms with Crippen molar-refractivity contribution in [3.63, 3.8) is 0 Å². The lowest BCUT2D eigenvalue weighted by molar-refractivity contribution is -0.132. The standard InChI is InChI=1S/C18H20N6O2/c25-16(6-12-24-9-2-8-20-24)23-10-4-14(5-11-23)17-21-18(26-22-17)15-3-1-7-19-13-15/h1-3,7-9,13-14H,4-6,10-12H2. The fraction of sp³-hybridized carbons (Fsp3) is 0.389. The molecule has 26 heavy (non-hydrogen) atoms.